The maximum Gasteiger partial charge on any atom is 0.0539 e. The van der Waals surface area contributed by atoms with Crippen LogP contribution in [0.3, 0.4) is 0 Å². The van der Waals surface area contributed by atoms with Gasteiger partial charge in [-0.15, -0.1) is 0 Å². The van der Waals surface area contributed by atoms with E-state index in [2.05, 4.69) is 15.6 Å². The molecule has 0 unspecified atom stereocenters. The summed E-state index contributed by atoms with van der Waals surface area (Å²) < 4.78 is 0. The number of piperazine rings is 1. The highest BCUT2D eigenvalue weighted by Crippen LogP contribution is 2.14. The minimum atomic E-state index is 0.529. The zero-order chi connectivity index (χ0) is 17.5. The van der Waals surface area contributed by atoms with Gasteiger partial charge in [-0.1, -0.05) is 35.9 Å². The van der Waals surface area contributed by atoms with Gasteiger partial charge in [-0.3, -0.25) is 4.98 Å². The third-order valence-electron chi connectivity index (χ3n) is 3.26. The number of nitrogens with zero attached hydrogens (tertiary/aromatic N) is 1. The van der Waals surface area contributed by atoms with Crippen LogP contribution in [-0.4, -0.2) is 37.7 Å². The second-order valence-electron chi connectivity index (χ2n) is 5.16. The summed E-state index contributed by atoms with van der Waals surface area (Å²) in [6.07, 6.45) is 2.60. The van der Waals surface area contributed by atoms with Crippen molar-refractivity contribution in [2.45, 2.75) is 13.0 Å². The molecule has 1 fully saturated rings. The zero-order valence-electron chi connectivity index (χ0n) is 14.0. The summed E-state index contributed by atoms with van der Waals surface area (Å²) >= 11 is 5.85. The standard InChI is InChI=1S/C8H10ClN.C6H8N2.C4H10N2/c9-8-4-2-1-3-7(8)5-6-10;7-5-6-3-1-2-4-8-6;1-2-6-4-3-5-1/h1-4H,5-6,10H2;1-4H,5,7H2;5-6H,1-4H2. The number of hydrogen-bond donors (Lipinski definition) is 4. The number of hydrogen-bond acceptors (Lipinski definition) is 5. The first-order valence-corrected chi connectivity index (χ1v) is 8.60. The molecular weight excluding hydrogens is 322 g/mol. The Balaban J connectivity index is 0.000000186. The summed E-state index contributed by atoms with van der Waals surface area (Å²) in [6, 6.07) is 13.5. The molecule has 0 amide bonds. The highest BCUT2D eigenvalue weighted by atomic mass is 35.5. The van der Waals surface area contributed by atoms with E-state index in [1.165, 1.54) is 0 Å². The molecule has 0 spiro atoms. The molecule has 1 aromatic carbocycles. The van der Waals surface area contributed by atoms with Crippen molar-refractivity contribution < 1.29 is 0 Å². The SMILES string of the molecule is C1CNCCN1.NCCc1ccccc1Cl.NCc1ccccn1. The van der Waals surface area contributed by atoms with Crippen LogP contribution in [-0.2, 0) is 13.0 Å². The summed E-state index contributed by atoms with van der Waals surface area (Å²) in [5, 5.41) is 7.26. The maximum atomic E-state index is 5.85. The first-order valence-electron chi connectivity index (χ1n) is 8.22. The predicted molar refractivity (Wildman–Crippen MR) is 102 cm³/mol. The van der Waals surface area contributed by atoms with Gasteiger partial charge in [0.1, 0.15) is 0 Å². The molecule has 0 aliphatic carbocycles. The van der Waals surface area contributed by atoms with Gasteiger partial charge in [0.05, 0.1) is 5.69 Å². The maximum absolute atomic E-state index is 5.85. The van der Waals surface area contributed by atoms with Gasteiger partial charge in [0.15, 0.2) is 0 Å². The average Bonchev–Trinajstić information content (AvgIpc) is 2.67. The van der Waals surface area contributed by atoms with Gasteiger partial charge in [-0.05, 0) is 36.7 Å². The quantitative estimate of drug-likeness (QED) is 0.675. The van der Waals surface area contributed by atoms with Crippen LogP contribution in [0, 0.1) is 0 Å². The molecule has 2 heterocycles. The van der Waals surface area contributed by atoms with E-state index in [9.17, 15) is 0 Å². The molecule has 0 saturated carbocycles. The molecule has 6 N–H and O–H groups in total. The zero-order valence-corrected chi connectivity index (χ0v) is 14.8. The van der Waals surface area contributed by atoms with Gasteiger partial charge in [0.2, 0.25) is 0 Å². The highest BCUT2D eigenvalue weighted by Gasteiger charge is 1.94. The molecule has 1 aromatic heterocycles. The van der Waals surface area contributed by atoms with E-state index in [4.69, 9.17) is 23.1 Å². The molecule has 5 nitrogen and oxygen atoms in total. The van der Waals surface area contributed by atoms with Crippen molar-refractivity contribution >= 4 is 11.6 Å². The van der Waals surface area contributed by atoms with Crippen LogP contribution < -0.4 is 22.1 Å². The van der Waals surface area contributed by atoms with Crippen molar-refractivity contribution in [1.29, 1.82) is 0 Å². The molecule has 1 aliphatic rings. The molecule has 0 bridgehead atoms. The van der Waals surface area contributed by atoms with Crippen LogP contribution in [0.5, 0.6) is 0 Å². The Bertz CT molecular complexity index is 520. The second kappa shape index (κ2) is 13.9. The van der Waals surface area contributed by atoms with E-state index in [0.29, 0.717) is 13.1 Å². The monoisotopic (exact) mass is 349 g/mol. The third kappa shape index (κ3) is 9.60. The lowest BCUT2D eigenvalue weighted by Gasteiger charge is -2.11. The summed E-state index contributed by atoms with van der Waals surface area (Å²) in [7, 11) is 0. The Kier molecular flexibility index (Phi) is 11.9. The minimum absolute atomic E-state index is 0.529. The first-order chi connectivity index (χ1) is 11.8. The lowest BCUT2D eigenvalue weighted by Crippen LogP contribution is -2.39. The topological polar surface area (TPSA) is 89.0 Å². The van der Waals surface area contributed by atoms with Crippen LogP contribution in [0.4, 0.5) is 0 Å². The molecule has 1 aliphatic heterocycles. The first kappa shape index (κ1) is 20.5. The van der Waals surface area contributed by atoms with E-state index >= 15 is 0 Å². The van der Waals surface area contributed by atoms with Crippen LogP contribution >= 0.6 is 11.6 Å². The number of pyridine rings is 1. The molecule has 24 heavy (non-hydrogen) atoms. The summed E-state index contributed by atoms with van der Waals surface area (Å²) in [4.78, 5) is 3.97. The van der Waals surface area contributed by atoms with Gasteiger partial charge in [0, 0.05) is 43.9 Å². The largest absolute Gasteiger partial charge is 0.330 e. The molecule has 0 radical (unpaired) electrons. The van der Waals surface area contributed by atoms with Gasteiger partial charge in [-0.25, -0.2) is 0 Å². The van der Waals surface area contributed by atoms with Gasteiger partial charge < -0.3 is 22.1 Å². The Morgan fingerprint density at radius 2 is 1.54 bits per heavy atom. The Morgan fingerprint density at radius 1 is 0.917 bits per heavy atom. The predicted octanol–water partition coefficient (Wildman–Crippen LogP) is 1.56. The average molecular weight is 350 g/mol. The lowest BCUT2D eigenvalue weighted by atomic mass is 10.1. The van der Waals surface area contributed by atoms with Crippen molar-refractivity contribution in [3.63, 3.8) is 0 Å². The number of rotatable bonds is 3. The molecular formula is C18H28ClN5. The molecule has 6 heteroatoms. The second-order valence-corrected chi connectivity index (χ2v) is 5.56. The number of nitrogens with two attached hydrogens (primary N) is 2. The molecule has 2 aromatic rings. The summed E-state index contributed by atoms with van der Waals surface area (Å²) in [5.74, 6) is 0. The summed E-state index contributed by atoms with van der Waals surface area (Å²) in [5.41, 5.74) is 12.7. The van der Waals surface area contributed by atoms with E-state index in [-0.39, 0.29) is 0 Å². The van der Waals surface area contributed by atoms with Crippen molar-refractivity contribution in [2.24, 2.45) is 11.5 Å². The van der Waals surface area contributed by atoms with Gasteiger partial charge in [0.25, 0.3) is 0 Å². The molecule has 0 atom stereocenters. The van der Waals surface area contributed by atoms with Crippen LogP contribution in [0.1, 0.15) is 11.3 Å². The fourth-order valence-electron chi connectivity index (χ4n) is 1.98. The number of aromatic nitrogens is 1. The minimum Gasteiger partial charge on any atom is -0.330 e. The number of benzene rings is 1. The van der Waals surface area contributed by atoms with Crippen LogP contribution in [0.2, 0.25) is 5.02 Å². The van der Waals surface area contributed by atoms with E-state index in [0.717, 1.165) is 48.9 Å². The lowest BCUT2D eigenvalue weighted by molar-refractivity contribution is 0.534. The Labute approximate surface area is 149 Å². The van der Waals surface area contributed by atoms with Crippen molar-refractivity contribution in [3.05, 3.63) is 64.9 Å². The smallest absolute Gasteiger partial charge is 0.0539 e. The van der Waals surface area contributed by atoms with Crippen molar-refractivity contribution in [2.75, 3.05) is 32.7 Å². The fourth-order valence-corrected chi connectivity index (χ4v) is 2.21. The Morgan fingerprint density at radius 3 is 1.96 bits per heavy atom. The normalized spacial score (nSPS) is 13.1. The van der Waals surface area contributed by atoms with Crippen LogP contribution in [0.15, 0.2) is 48.7 Å². The molecule has 132 valence electrons. The molecule has 3 rings (SSSR count). The number of halogens is 1. The van der Waals surface area contributed by atoms with E-state index in [1.807, 2.05) is 42.5 Å². The van der Waals surface area contributed by atoms with E-state index < -0.39 is 0 Å². The highest BCUT2D eigenvalue weighted by molar-refractivity contribution is 6.31. The van der Waals surface area contributed by atoms with Crippen molar-refractivity contribution in [3.8, 4) is 0 Å². The summed E-state index contributed by atoms with van der Waals surface area (Å²) in [6.45, 7) is 5.74. The Hall–Kier alpha value is -1.50. The van der Waals surface area contributed by atoms with Crippen molar-refractivity contribution in [1.82, 2.24) is 15.6 Å². The van der Waals surface area contributed by atoms with Gasteiger partial charge in [-0.2, -0.15) is 0 Å². The van der Waals surface area contributed by atoms with E-state index in [1.54, 1.807) is 6.20 Å². The van der Waals surface area contributed by atoms with Gasteiger partial charge >= 0.3 is 0 Å². The molecule has 1 saturated heterocycles. The number of nitrogens with one attached hydrogen (secondary N) is 2. The third-order valence-corrected chi connectivity index (χ3v) is 3.63. The van der Waals surface area contributed by atoms with Crippen LogP contribution in [0.25, 0.3) is 0 Å². The fraction of sp³-hybridized carbons (Fsp3) is 0.389.